The molecule has 1 aliphatic rings. The third kappa shape index (κ3) is 1.26. The highest BCUT2D eigenvalue weighted by atomic mass is 16.5. The van der Waals surface area contributed by atoms with E-state index >= 15 is 0 Å². The van der Waals surface area contributed by atoms with Crippen LogP contribution in [0.4, 0.5) is 5.69 Å². The average molecular weight is 202 g/mol. The van der Waals surface area contributed by atoms with Gasteiger partial charge in [-0.15, -0.1) is 0 Å². The van der Waals surface area contributed by atoms with Gasteiger partial charge in [0.1, 0.15) is 11.4 Å². The summed E-state index contributed by atoms with van der Waals surface area (Å²) in [6.07, 6.45) is 2.45. The zero-order chi connectivity index (χ0) is 10.3. The number of ether oxygens (including phenoxy) is 1. The molecule has 0 aliphatic carbocycles. The van der Waals surface area contributed by atoms with E-state index in [1.807, 2.05) is 18.2 Å². The van der Waals surface area contributed by atoms with Crippen LogP contribution in [0.15, 0.2) is 28.9 Å². The number of hydrogen-bond acceptors (Lipinski definition) is 4. The Balaban J connectivity index is 2.11. The van der Waals surface area contributed by atoms with E-state index in [-0.39, 0.29) is 0 Å². The lowest BCUT2D eigenvalue weighted by atomic mass is 10.1. The molecule has 0 radical (unpaired) electrons. The predicted molar refractivity (Wildman–Crippen MR) is 55.6 cm³/mol. The summed E-state index contributed by atoms with van der Waals surface area (Å²) in [7, 11) is 0. The van der Waals surface area contributed by atoms with Gasteiger partial charge < -0.3 is 15.0 Å². The number of nitrogens with zero attached hydrogens (tertiary/aromatic N) is 1. The molecule has 4 nitrogen and oxygen atoms in total. The molecule has 0 spiro atoms. The van der Waals surface area contributed by atoms with Crippen LogP contribution >= 0.6 is 0 Å². The summed E-state index contributed by atoms with van der Waals surface area (Å²) < 4.78 is 10.5. The minimum absolute atomic E-state index is 0.564. The molecule has 15 heavy (non-hydrogen) atoms. The van der Waals surface area contributed by atoms with E-state index in [9.17, 15) is 0 Å². The highest BCUT2D eigenvalue weighted by molar-refractivity contribution is 5.71. The monoisotopic (exact) mass is 202 g/mol. The molecule has 0 bridgehead atoms. The summed E-state index contributed by atoms with van der Waals surface area (Å²) in [6.45, 7) is 0.755. The molecule has 0 atom stereocenters. The number of fused-ring (bicyclic) bond motifs is 1. The van der Waals surface area contributed by atoms with Gasteiger partial charge in [-0.1, -0.05) is 5.16 Å². The number of benzene rings is 1. The van der Waals surface area contributed by atoms with Crippen molar-refractivity contribution in [1.29, 1.82) is 0 Å². The van der Waals surface area contributed by atoms with Crippen LogP contribution in [-0.4, -0.2) is 11.8 Å². The molecule has 0 fully saturated rings. The SMILES string of the molecule is Nc1cnoc1-c1ccc2c(c1)CCO2. The Morgan fingerprint density at radius 2 is 2.27 bits per heavy atom. The third-order valence-corrected chi connectivity index (χ3v) is 2.55. The van der Waals surface area contributed by atoms with Gasteiger partial charge in [0, 0.05) is 12.0 Å². The molecule has 0 amide bonds. The Bertz CT molecular complexity index is 505. The topological polar surface area (TPSA) is 61.3 Å². The van der Waals surface area contributed by atoms with Crippen LogP contribution in [-0.2, 0) is 6.42 Å². The number of hydrogen-bond donors (Lipinski definition) is 1. The Labute approximate surface area is 86.6 Å². The van der Waals surface area contributed by atoms with Crippen molar-refractivity contribution < 1.29 is 9.26 Å². The molecule has 0 saturated carbocycles. The molecule has 2 N–H and O–H groups in total. The predicted octanol–water partition coefficient (Wildman–Crippen LogP) is 1.86. The van der Waals surface area contributed by atoms with Crippen LogP contribution in [0.5, 0.6) is 5.75 Å². The van der Waals surface area contributed by atoms with Gasteiger partial charge >= 0.3 is 0 Å². The minimum atomic E-state index is 0.564. The van der Waals surface area contributed by atoms with Gasteiger partial charge in [-0.3, -0.25) is 0 Å². The molecule has 0 saturated heterocycles. The molecule has 1 aromatic carbocycles. The second kappa shape index (κ2) is 3.02. The second-order valence-electron chi connectivity index (χ2n) is 3.53. The van der Waals surface area contributed by atoms with E-state index in [1.165, 1.54) is 11.8 Å². The standard InChI is InChI=1S/C11H10N2O2/c12-9-6-13-15-11(9)8-1-2-10-7(5-8)3-4-14-10/h1-2,5-6H,3-4,12H2. The summed E-state index contributed by atoms with van der Waals surface area (Å²) in [4.78, 5) is 0. The smallest absolute Gasteiger partial charge is 0.189 e. The molecule has 2 aromatic rings. The van der Waals surface area contributed by atoms with Gasteiger partial charge in [-0.2, -0.15) is 0 Å². The second-order valence-corrected chi connectivity index (χ2v) is 3.53. The van der Waals surface area contributed by atoms with E-state index in [1.54, 1.807) is 0 Å². The van der Waals surface area contributed by atoms with Crippen molar-refractivity contribution in [2.24, 2.45) is 0 Å². The third-order valence-electron chi connectivity index (χ3n) is 2.55. The van der Waals surface area contributed by atoms with Crippen molar-refractivity contribution in [2.75, 3.05) is 12.3 Å². The van der Waals surface area contributed by atoms with Crippen LogP contribution in [0, 0.1) is 0 Å². The molecule has 3 rings (SSSR count). The summed E-state index contributed by atoms with van der Waals surface area (Å²) in [5.41, 5.74) is 8.44. The highest BCUT2D eigenvalue weighted by Crippen LogP contribution is 2.32. The van der Waals surface area contributed by atoms with E-state index < -0.39 is 0 Å². The van der Waals surface area contributed by atoms with Crippen molar-refractivity contribution in [3.8, 4) is 17.1 Å². The average Bonchev–Trinajstić information content (AvgIpc) is 2.84. The summed E-state index contributed by atoms with van der Waals surface area (Å²) >= 11 is 0. The van der Waals surface area contributed by atoms with Crippen molar-refractivity contribution >= 4 is 5.69 Å². The molecule has 76 valence electrons. The Morgan fingerprint density at radius 1 is 1.33 bits per heavy atom. The van der Waals surface area contributed by atoms with Crippen molar-refractivity contribution in [3.05, 3.63) is 30.0 Å². The van der Waals surface area contributed by atoms with E-state index in [4.69, 9.17) is 15.0 Å². The molecule has 2 heterocycles. The quantitative estimate of drug-likeness (QED) is 0.766. The van der Waals surface area contributed by atoms with Crippen molar-refractivity contribution in [2.45, 2.75) is 6.42 Å². The fraction of sp³-hybridized carbons (Fsp3) is 0.182. The van der Waals surface area contributed by atoms with Gasteiger partial charge in [0.25, 0.3) is 0 Å². The largest absolute Gasteiger partial charge is 0.493 e. The van der Waals surface area contributed by atoms with Crippen molar-refractivity contribution in [3.63, 3.8) is 0 Å². The number of rotatable bonds is 1. The maximum atomic E-state index is 5.73. The fourth-order valence-corrected chi connectivity index (χ4v) is 1.79. The maximum Gasteiger partial charge on any atom is 0.189 e. The molecule has 1 aromatic heterocycles. The summed E-state index contributed by atoms with van der Waals surface area (Å²) in [5.74, 6) is 1.58. The molecular formula is C11H10N2O2. The number of nitrogen functional groups attached to an aromatic ring is 1. The van der Waals surface area contributed by atoms with Gasteiger partial charge in [-0.25, -0.2) is 0 Å². The van der Waals surface area contributed by atoms with Crippen LogP contribution in [0.1, 0.15) is 5.56 Å². The first-order chi connectivity index (χ1) is 7.34. The molecule has 4 heteroatoms. The first-order valence-electron chi connectivity index (χ1n) is 4.81. The normalized spacial score (nSPS) is 13.6. The van der Waals surface area contributed by atoms with E-state index in [2.05, 4.69) is 5.16 Å². The summed E-state index contributed by atoms with van der Waals surface area (Å²) in [6, 6.07) is 5.92. The highest BCUT2D eigenvalue weighted by Gasteiger charge is 2.15. The minimum Gasteiger partial charge on any atom is -0.493 e. The Kier molecular flexibility index (Phi) is 1.68. The van der Waals surface area contributed by atoms with Crippen LogP contribution in [0.3, 0.4) is 0 Å². The molecule has 1 aliphatic heterocycles. The van der Waals surface area contributed by atoms with Gasteiger partial charge in [0.2, 0.25) is 0 Å². The molecular weight excluding hydrogens is 192 g/mol. The summed E-state index contributed by atoms with van der Waals surface area (Å²) in [5, 5.41) is 3.66. The zero-order valence-corrected chi connectivity index (χ0v) is 8.06. The number of nitrogens with two attached hydrogens (primary N) is 1. The Hall–Kier alpha value is -1.97. The van der Waals surface area contributed by atoms with Gasteiger partial charge in [0.05, 0.1) is 12.8 Å². The van der Waals surface area contributed by atoms with Gasteiger partial charge in [-0.05, 0) is 23.8 Å². The lowest BCUT2D eigenvalue weighted by Crippen LogP contribution is -1.85. The van der Waals surface area contributed by atoms with Gasteiger partial charge in [0.15, 0.2) is 5.76 Å². The lowest BCUT2D eigenvalue weighted by molar-refractivity contribution is 0.357. The number of anilines is 1. The van der Waals surface area contributed by atoms with Crippen LogP contribution in [0.25, 0.3) is 11.3 Å². The zero-order valence-electron chi connectivity index (χ0n) is 8.06. The molecule has 0 unspecified atom stereocenters. The van der Waals surface area contributed by atoms with Crippen LogP contribution < -0.4 is 10.5 Å². The first-order valence-corrected chi connectivity index (χ1v) is 4.81. The maximum absolute atomic E-state index is 5.73. The van der Waals surface area contributed by atoms with Crippen molar-refractivity contribution in [1.82, 2.24) is 5.16 Å². The van der Waals surface area contributed by atoms with E-state index in [0.29, 0.717) is 11.4 Å². The lowest BCUT2D eigenvalue weighted by Gasteiger charge is -2.01. The van der Waals surface area contributed by atoms with Crippen LogP contribution in [0.2, 0.25) is 0 Å². The Morgan fingerprint density at radius 3 is 3.07 bits per heavy atom. The number of aromatic nitrogens is 1. The fourth-order valence-electron chi connectivity index (χ4n) is 1.79. The first kappa shape index (κ1) is 8.35. The van der Waals surface area contributed by atoms with E-state index in [0.717, 1.165) is 24.3 Å².